The molecule has 0 aromatic heterocycles. The lowest BCUT2D eigenvalue weighted by atomic mass is 9.80. The average molecular weight is 589 g/mol. The predicted molar refractivity (Wildman–Crippen MR) is 146 cm³/mol. The fraction of sp³-hybridized carbons (Fsp3) is 0.138. The summed E-state index contributed by atoms with van der Waals surface area (Å²) in [7, 11) is 0. The number of hydrogen-bond donors (Lipinski definition) is 1. The van der Waals surface area contributed by atoms with E-state index in [1.165, 1.54) is 5.56 Å². The monoisotopic (exact) mass is 587 g/mol. The highest BCUT2D eigenvalue weighted by molar-refractivity contribution is 9.10. The molecule has 2 aliphatic rings. The molecule has 0 saturated heterocycles. The normalized spacial score (nSPS) is 19.3. The Labute approximate surface area is 222 Å². The van der Waals surface area contributed by atoms with Crippen molar-refractivity contribution < 1.29 is 4.74 Å². The molecule has 0 fully saturated rings. The van der Waals surface area contributed by atoms with E-state index in [0.717, 1.165) is 43.5 Å². The van der Waals surface area contributed by atoms with Crippen molar-refractivity contribution in [2.75, 3.05) is 13.1 Å². The van der Waals surface area contributed by atoms with Crippen molar-refractivity contribution >= 4 is 37.9 Å². The lowest BCUT2D eigenvalue weighted by Crippen LogP contribution is -2.37. The van der Waals surface area contributed by atoms with Crippen LogP contribution in [0.4, 0.5) is 0 Å². The third-order valence-electron chi connectivity index (χ3n) is 6.23. The van der Waals surface area contributed by atoms with Crippen LogP contribution in [0.1, 0.15) is 22.6 Å². The van der Waals surface area contributed by atoms with Crippen molar-refractivity contribution in [3.8, 4) is 6.07 Å². The molecule has 5 rings (SSSR count). The van der Waals surface area contributed by atoms with Gasteiger partial charge in [-0.3, -0.25) is 4.90 Å². The molecule has 0 amide bonds. The Morgan fingerprint density at radius 2 is 1.71 bits per heavy atom. The van der Waals surface area contributed by atoms with E-state index in [-0.39, 0.29) is 11.8 Å². The number of nitriles is 1. The second kappa shape index (κ2) is 10.2. The van der Waals surface area contributed by atoms with Gasteiger partial charge in [-0.2, -0.15) is 5.26 Å². The van der Waals surface area contributed by atoms with Crippen LogP contribution in [0.15, 0.2) is 116 Å². The van der Waals surface area contributed by atoms with Crippen LogP contribution in [0.25, 0.3) is 6.08 Å². The van der Waals surface area contributed by atoms with E-state index in [0.29, 0.717) is 18.7 Å². The quantitative estimate of drug-likeness (QED) is 0.361. The Morgan fingerprint density at radius 1 is 0.971 bits per heavy atom. The molecular weight excluding hydrogens is 566 g/mol. The van der Waals surface area contributed by atoms with Crippen molar-refractivity contribution in [3.05, 3.63) is 133 Å². The topological polar surface area (TPSA) is 62.3 Å². The summed E-state index contributed by atoms with van der Waals surface area (Å²) in [6.45, 7) is 2.18. The number of allylic oxidation sites excluding steroid dienone is 1. The summed E-state index contributed by atoms with van der Waals surface area (Å²) in [5, 5.41) is 10.0. The zero-order valence-corrected chi connectivity index (χ0v) is 22.1. The second-order valence-corrected chi connectivity index (χ2v) is 10.5. The Balaban J connectivity index is 1.64. The van der Waals surface area contributed by atoms with Gasteiger partial charge in [0.1, 0.15) is 17.4 Å². The second-order valence-electron chi connectivity index (χ2n) is 8.69. The Kier molecular flexibility index (Phi) is 6.92. The first-order valence-corrected chi connectivity index (χ1v) is 12.9. The minimum atomic E-state index is -0.272. The van der Waals surface area contributed by atoms with E-state index < -0.39 is 0 Å². The molecule has 35 heavy (non-hydrogen) atoms. The van der Waals surface area contributed by atoms with Gasteiger partial charge in [0.2, 0.25) is 5.88 Å². The summed E-state index contributed by atoms with van der Waals surface area (Å²) in [5.74, 6) is 0.675. The first-order valence-electron chi connectivity index (χ1n) is 11.3. The van der Waals surface area contributed by atoms with Gasteiger partial charge in [-0.05, 0) is 52.6 Å². The molecule has 0 spiro atoms. The van der Waals surface area contributed by atoms with Gasteiger partial charge >= 0.3 is 0 Å². The van der Waals surface area contributed by atoms with E-state index in [1.54, 1.807) is 0 Å². The summed E-state index contributed by atoms with van der Waals surface area (Å²) in [4.78, 5) is 2.39. The molecule has 174 valence electrons. The molecule has 6 heteroatoms. The largest absolute Gasteiger partial charge is 0.440 e. The number of benzene rings is 3. The third kappa shape index (κ3) is 5.13. The number of hydrogen-bond acceptors (Lipinski definition) is 4. The molecule has 1 atom stereocenters. The Bertz CT molecular complexity index is 1400. The fourth-order valence-electron chi connectivity index (χ4n) is 4.76. The predicted octanol–water partition coefficient (Wildman–Crippen LogP) is 6.87. The molecule has 2 aliphatic heterocycles. The van der Waals surface area contributed by atoms with E-state index in [1.807, 2.05) is 36.4 Å². The van der Waals surface area contributed by atoms with Gasteiger partial charge in [-0.15, -0.1) is 0 Å². The van der Waals surface area contributed by atoms with Crippen LogP contribution in [0.5, 0.6) is 0 Å². The fourth-order valence-corrected chi connectivity index (χ4v) is 5.59. The van der Waals surface area contributed by atoms with Crippen LogP contribution < -0.4 is 5.73 Å². The van der Waals surface area contributed by atoms with E-state index >= 15 is 0 Å². The zero-order chi connectivity index (χ0) is 24.4. The lowest BCUT2D eigenvalue weighted by molar-refractivity contribution is 0.230. The first kappa shape index (κ1) is 23.6. The molecule has 2 N–H and O–H groups in total. The summed E-state index contributed by atoms with van der Waals surface area (Å²) < 4.78 is 8.16. The zero-order valence-electron chi connectivity index (χ0n) is 18.9. The maximum Gasteiger partial charge on any atom is 0.205 e. The van der Waals surface area contributed by atoms with Crippen molar-refractivity contribution in [1.29, 1.82) is 5.26 Å². The van der Waals surface area contributed by atoms with Gasteiger partial charge in [0, 0.05) is 34.2 Å². The molecule has 0 radical (unpaired) electrons. The summed E-state index contributed by atoms with van der Waals surface area (Å²) in [6, 6.07) is 29.0. The van der Waals surface area contributed by atoms with Crippen molar-refractivity contribution in [2.24, 2.45) is 5.73 Å². The molecule has 3 aromatic rings. The van der Waals surface area contributed by atoms with Crippen LogP contribution in [-0.2, 0) is 11.3 Å². The van der Waals surface area contributed by atoms with Crippen LogP contribution >= 0.6 is 31.9 Å². The van der Waals surface area contributed by atoms with Crippen LogP contribution in [0.2, 0.25) is 0 Å². The Morgan fingerprint density at radius 3 is 2.43 bits per heavy atom. The molecule has 3 aromatic carbocycles. The molecule has 0 bridgehead atoms. The summed E-state index contributed by atoms with van der Waals surface area (Å²) in [6.07, 6.45) is 2.15. The highest BCUT2D eigenvalue weighted by Gasteiger charge is 2.37. The first-order chi connectivity index (χ1) is 17.0. The minimum absolute atomic E-state index is 0.174. The lowest BCUT2D eigenvalue weighted by Gasteiger charge is -2.38. The highest BCUT2D eigenvalue weighted by atomic mass is 79.9. The SMILES string of the molecule is N#CC1=C(N)OC2=C(CN(Cc3ccccc3)C/C2=C\c2cccc(Br)c2)[C@H]1c1cccc(Br)c1. The number of nitrogens with zero attached hydrogens (tertiary/aromatic N) is 2. The molecule has 0 aliphatic carbocycles. The number of ether oxygens (including phenoxy) is 1. The maximum atomic E-state index is 10.0. The minimum Gasteiger partial charge on any atom is -0.440 e. The van der Waals surface area contributed by atoms with Crippen molar-refractivity contribution in [1.82, 2.24) is 4.90 Å². The van der Waals surface area contributed by atoms with Crippen LogP contribution in [0.3, 0.4) is 0 Å². The highest BCUT2D eigenvalue weighted by Crippen LogP contribution is 2.44. The van der Waals surface area contributed by atoms with Crippen molar-refractivity contribution in [2.45, 2.75) is 12.5 Å². The molecular formula is C29H23Br2N3O. The van der Waals surface area contributed by atoms with Crippen molar-refractivity contribution in [3.63, 3.8) is 0 Å². The summed E-state index contributed by atoms with van der Waals surface area (Å²) in [5.41, 5.74) is 12.2. The van der Waals surface area contributed by atoms with Gasteiger partial charge < -0.3 is 10.5 Å². The van der Waals surface area contributed by atoms with E-state index in [4.69, 9.17) is 10.5 Å². The average Bonchev–Trinajstić information content (AvgIpc) is 2.84. The Hall–Kier alpha value is -3.11. The van der Waals surface area contributed by atoms with Gasteiger partial charge in [0.05, 0.1) is 5.92 Å². The molecule has 0 unspecified atom stereocenters. The standard InChI is InChI=1S/C29H23Br2N3O/c30-23-10-4-8-20(13-23)12-22-17-34(16-19-6-2-1-3-7-19)18-26-27(21-9-5-11-24(31)14-21)25(15-32)29(33)35-28(22)26/h1-14,27H,16-18,33H2/b22-12+/t27-/m0/s1. The molecule has 4 nitrogen and oxygen atoms in total. The molecule has 2 heterocycles. The van der Waals surface area contributed by atoms with E-state index in [2.05, 4.69) is 91.4 Å². The third-order valence-corrected chi connectivity index (χ3v) is 7.21. The number of rotatable bonds is 4. The molecule has 0 saturated carbocycles. The van der Waals surface area contributed by atoms with Gasteiger partial charge in [0.25, 0.3) is 0 Å². The van der Waals surface area contributed by atoms with Gasteiger partial charge in [-0.1, -0.05) is 86.5 Å². The maximum absolute atomic E-state index is 10.0. The van der Waals surface area contributed by atoms with Gasteiger partial charge in [-0.25, -0.2) is 0 Å². The van der Waals surface area contributed by atoms with Crippen LogP contribution in [-0.4, -0.2) is 18.0 Å². The number of nitrogens with two attached hydrogens (primary N) is 1. The van der Waals surface area contributed by atoms with E-state index in [9.17, 15) is 5.26 Å². The summed E-state index contributed by atoms with van der Waals surface area (Å²) >= 11 is 7.16. The smallest absolute Gasteiger partial charge is 0.205 e. The van der Waals surface area contributed by atoms with Crippen LogP contribution in [0, 0.1) is 11.3 Å². The number of halogens is 2. The van der Waals surface area contributed by atoms with Gasteiger partial charge in [0.15, 0.2) is 0 Å².